The topological polar surface area (TPSA) is 96.0 Å². The summed E-state index contributed by atoms with van der Waals surface area (Å²) in [6.45, 7) is 6.71. The highest BCUT2D eigenvalue weighted by molar-refractivity contribution is 7.92. The lowest BCUT2D eigenvalue weighted by Gasteiger charge is -2.32. The molecule has 0 bridgehead atoms. The molecule has 1 atom stereocenters. The Labute approximate surface area is 235 Å². The Morgan fingerprint density at radius 3 is 2.18 bits per heavy atom. The summed E-state index contributed by atoms with van der Waals surface area (Å²) >= 11 is 6.34. The quantitative estimate of drug-likeness (QED) is 0.357. The number of sulfonamides is 1. The van der Waals surface area contributed by atoms with Gasteiger partial charge in [0.2, 0.25) is 11.8 Å². The number of benzene rings is 3. The van der Waals surface area contributed by atoms with Gasteiger partial charge in [0.15, 0.2) is 0 Å². The van der Waals surface area contributed by atoms with E-state index in [2.05, 4.69) is 5.32 Å². The van der Waals surface area contributed by atoms with E-state index < -0.39 is 28.5 Å². The van der Waals surface area contributed by atoms with Crippen LogP contribution in [0.15, 0.2) is 77.7 Å². The van der Waals surface area contributed by atoms with E-state index in [4.69, 9.17) is 16.3 Å². The molecule has 0 unspecified atom stereocenters. The van der Waals surface area contributed by atoms with Crippen molar-refractivity contribution in [3.8, 4) is 5.75 Å². The van der Waals surface area contributed by atoms with Crippen LogP contribution in [0.3, 0.4) is 0 Å². The van der Waals surface area contributed by atoms with Crippen LogP contribution in [0.1, 0.15) is 31.9 Å². The van der Waals surface area contributed by atoms with Gasteiger partial charge < -0.3 is 15.0 Å². The van der Waals surface area contributed by atoms with Crippen LogP contribution in [0, 0.1) is 6.92 Å². The molecular formula is C29H34ClN3O5S. The highest BCUT2D eigenvalue weighted by atomic mass is 35.5. The second-order valence-corrected chi connectivity index (χ2v) is 11.8. The third-order valence-corrected chi connectivity index (χ3v) is 8.19. The molecule has 2 amide bonds. The Morgan fingerprint density at radius 2 is 1.62 bits per heavy atom. The van der Waals surface area contributed by atoms with Crippen LogP contribution in [0.5, 0.6) is 5.75 Å². The van der Waals surface area contributed by atoms with Crippen LogP contribution >= 0.6 is 11.6 Å². The minimum absolute atomic E-state index is 0.0213. The van der Waals surface area contributed by atoms with Crippen LogP contribution in [-0.2, 0) is 26.2 Å². The Balaban J connectivity index is 2.06. The van der Waals surface area contributed by atoms with E-state index in [0.717, 1.165) is 15.4 Å². The number of methoxy groups -OCH3 is 1. The van der Waals surface area contributed by atoms with Gasteiger partial charge in [0, 0.05) is 12.6 Å². The fraction of sp³-hybridized carbons (Fsp3) is 0.310. The Kier molecular flexibility index (Phi) is 9.99. The van der Waals surface area contributed by atoms with Crippen molar-refractivity contribution >= 4 is 39.1 Å². The molecule has 0 radical (unpaired) electrons. The molecule has 208 valence electrons. The standard InChI is InChI=1S/C29H34ClN3O5S/c1-20(2)31-29(35)22(4)32(18-23-9-7-6-8-10-23)28(34)19-33(24-13-16-27(38-5)26(30)17-24)39(36,37)25-14-11-21(3)12-15-25/h6-17,20,22H,18-19H2,1-5H3,(H,31,35)/t22-/m1/s1. The van der Waals surface area contributed by atoms with Gasteiger partial charge in [-0.2, -0.15) is 0 Å². The van der Waals surface area contributed by atoms with Crippen molar-refractivity contribution in [2.75, 3.05) is 18.0 Å². The molecule has 0 aliphatic rings. The van der Waals surface area contributed by atoms with Gasteiger partial charge in [-0.25, -0.2) is 8.42 Å². The molecule has 10 heteroatoms. The highest BCUT2D eigenvalue weighted by Gasteiger charge is 2.33. The minimum atomic E-state index is -4.19. The van der Waals surface area contributed by atoms with Crippen LogP contribution < -0.4 is 14.4 Å². The number of hydrogen-bond donors (Lipinski definition) is 1. The summed E-state index contributed by atoms with van der Waals surface area (Å²) in [7, 11) is -2.73. The van der Waals surface area contributed by atoms with Crippen molar-refractivity contribution in [1.29, 1.82) is 0 Å². The van der Waals surface area contributed by atoms with Crippen molar-refractivity contribution in [3.05, 3.63) is 88.9 Å². The van der Waals surface area contributed by atoms with E-state index in [1.165, 1.54) is 36.3 Å². The normalized spacial score (nSPS) is 12.1. The second kappa shape index (κ2) is 13.0. The lowest BCUT2D eigenvalue weighted by Crippen LogP contribution is -2.52. The van der Waals surface area contributed by atoms with Gasteiger partial charge in [0.05, 0.1) is 22.7 Å². The number of ether oxygens (including phenoxy) is 1. The maximum absolute atomic E-state index is 13.9. The Bertz CT molecular complexity index is 1400. The van der Waals surface area contributed by atoms with E-state index in [-0.39, 0.29) is 34.1 Å². The average molecular weight is 572 g/mol. The van der Waals surface area contributed by atoms with E-state index in [9.17, 15) is 18.0 Å². The molecular weight excluding hydrogens is 538 g/mol. The van der Waals surface area contributed by atoms with Gasteiger partial charge in [-0.1, -0.05) is 59.6 Å². The molecule has 0 aliphatic carbocycles. The van der Waals surface area contributed by atoms with E-state index in [1.54, 1.807) is 25.1 Å². The number of rotatable bonds is 11. The molecule has 0 aliphatic heterocycles. The lowest BCUT2D eigenvalue weighted by atomic mass is 10.1. The van der Waals surface area contributed by atoms with Crippen LogP contribution in [0.4, 0.5) is 5.69 Å². The number of nitrogens with zero attached hydrogens (tertiary/aromatic N) is 2. The molecule has 0 fully saturated rings. The zero-order chi connectivity index (χ0) is 28.7. The fourth-order valence-electron chi connectivity index (χ4n) is 3.94. The summed E-state index contributed by atoms with van der Waals surface area (Å²) in [5.41, 5.74) is 1.88. The number of halogens is 1. The first-order valence-corrected chi connectivity index (χ1v) is 14.3. The van der Waals surface area contributed by atoms with E-state index in [0.29, 0.717) is 5.75 Å². The molecule has 0 aromatic heterocycles. The third kappa shape index (κ3) is 7.52. The fourth-order valence-corrected chi connectivity index (χ4v) is 5.60. The summed E-state index contributed by atoms with van der Waals surface area (Å²) in [5, 5.41) is 3.03. The zero-order valence-corrected chi connectivity index (χ0v) is 24.3. The van der Waals surface area contributed by atoms with Crippen LogP contribution in [-0.4, -0.2) is 50.9 Å². The number of amides is 2. The Hall–Kier alpha value is -3.56. The van der Waals surface area contributed by atoms with Crippen LogP contribution in [0.25, 0.3) is 0 Å². The third-order valence-electron chi connectivity index (χ3n) is 6.11. The smallest absolute Gasteiger partial charge is 0.264 e. The molecule has 0 heterocycles. The van der Waals surface area contributed by atoms with E-state index in [1.807, 2.05) is 51.1 Å². The first-order chi connectivity index (χ1) is 18.4. The molecule has 3 aromatic rings. The highest BCUT2D eigenvalue weighted by Crippen LogP contribution is 2.32. The SMILES string of the molecule is COc1ccc(N(CC(=O)N(Cc2ccccc2)[C@H](C)C(=O)NC(C)C)S(=O)(=O)c2ccc(C)cc2)cc1Cl. The van der Waals surface area contributed by atoms with Gasteiger partial charge >= 0.3 is 0 Å². The largest absolute Gasteiger partial charge is 0.495 e. The molecule has 0 saturated carbocycles. The van der Waals surface area contributed by atoms with Gasteiger partial charge in [-0.15, -0.1) is 0 Å². The molecule has 1 N–H and O–H groups in total. The van der Waals surface area contributed by atoms with Crippen LogP contribution in [0.2, 0.25) is 5.02 Å². The summed E-state index contributed by atoms with van der Waals surface area (Å²) in [5.74, 6) is -0.522. The molecule has 39 heavy (non-hydrogen) atoms. The van der Waals surface area contributed by atoms with Crippen molar-refractivity contribution < 1.29 is 22.7 Å². The predicted molar refractivity (Wildman–Crippen MR) is 153 cm³/mol. The zero-order valence-electron chi connectivity index (χ0n) is 22.7. The van der Waals surface area contributed by atoms with Gasteiger partial charge in [0.25, 0.3) is 10.0 Å². The first-order valence-electron chi connectivity index (χ1n) is 12.5. The summed E-state index contributed by atoms with van der Waals surface area (Å²) < 4.78 is 34.0. The number of carbonyl (C=O) groups excluding carboxylic acids is 2. The van der Waals surface area contributed by atoms with Gasteiger partial charge in [-0.05, 0) is 63.6 Å². The van der Waals surface area contributed by atoms with Crippen molar-refractivity contribution in [2.24, 2.45) is 0 Å². The monoisotopic (exact) mass is 571 g/mol. The van der Waals surface area contributed by atoms with Crippen molar-refractivity contribution in [2.45, 2.75) is 51.2 Å². The van der Waals surface area contributed by atoms with Gasteiger partial charge in [-0.3, -0.25) is 13.9 Å². The number of hydrogen-bond acceptors (Lipinski definition) is 5. The summed E-state index contributed by atoms with van der Waals surface area (Å²) in [6, 6.07) is 19.1. The Morgan fingerprint density at radius 1 is 0.974 bits per heavy atom. The average Bonchev–Trinajstić information content (AvgIpc) is 2.90. The summed E-state index contributed by atoms with van der Waals surface area (Å²) in [4.78, 5) is 28.2. The summed E-state index contributed by atoms with van der Waals surface area (Å²) in [6.07, 6.45) is 0. The molecule has 3 aromatic carbocycles. The number of carbonyl (C=O) groups is 2. The molecule has 0 spiro atoms. The maximum Gasteiger partial charge on any atom is 0.264 e. The number of aryl methyl sites for hydroxylation is 1. The molecule has 3 rings (SSSR count). The van der Waals surface area contributed by atoms with Gasteiger partial charge in [0.1, 0.15) is 18.3 Å². The number of nitrogens with one attached hydrogen (secondary N) is 1. The second-order valence-electron chi connectivity index (χ2n) is 9.49. The van der Waals surface area contributed by atoms with E-state index >= 15 is 0 Å². The van der Waals surface area contributed by atoms with Crippen molar-refractivity contribution in [1.82, 2.24) is 10.2 Å². The predicted octanol–water partition coefficient (Wildman–Crippen LogP) is 4.79. The first kappa shape index (κ1) is 30.0. The molecule has 8 nitrogen and oxygen atoms in total. The number of anilines is 1. The van der Waals surface area contributed by atoms with Crippen molar-refractivity contribution in [3.63, 3.8) is 0 Å². The minimum Gasteiger partial charge on any atom is -0.495 e. The maximum atomic E-state index is 13.9. The lowest BCUT2D eigenvalue weighted by molar-refractivity contribution is -0.139. The molecule has 0 saturated heterocycles.